The molecule has 0 heteroatoms. The summed E-state index contributed by atoms with van der Waals surface area (Å²) in [4.78, 5) is 0. The molecule has 0 atom stereocenters. The minimum Gasteiger partial charge on any atom is -0.0683 e. The minimum atomic E-state index is 1.32. The minimum absolute atomic E-state index is 1.32. The summed E-state index contributed by atoms with van der Waals surface area (Å²) in [5, 5.41) is 0. The van der Waals surface area contributed by atoms with Gasteiger partial charge in [0.1, 0.15) is 0 Å². The molecule has 0 aliphatic rings. The number of hydrogen-bond acceptors (Lipinski definition) is 0. The van der Waals surface area contributed by atoms with Crippen molar-refractivity contribution in [3.63, 3.8) is 0 Å². The van der Waals surface area contributed by atoms with E-state index in [1.54, 1.807) is 0 Å². The molecular weight excluding hydrogens is 480 g/mol. The highest BCUT2D eigenvalue weighted by Gasteiger charge is 1.56. The van der Waals surface area contributed by atoms with Gasteiger partial charge < -0.3 is 0 Å². The van der Waals surface area contributed by atoms with Crippen molar-refractivity contribution >= 4 is 0 Å². The van der Waals surface area contributed by atoms with Crippen LogP contribution in [0, 0.1) is 0 Å². The Kier molecular flexibility index (Phi) is 48600. The molecule has 0 radical (unpaired) electrons. The predicted octanol–water partition coefficient (Wildman–Crippen LogP) is 20.3. The van der Waals surface area contributed by atoms with E-state index in [2.05, 4.69) is 13.8 Å². The van der Waals surface area contributed by atoms with Gasteiger partial charge in [0.2, 0.25) is 0 Å². The largest absolute Gasteiger partial charge is 0.0683 e. The average molecular weight is 599 g/mol. The van der Waals surface area contributed by atoms with E-state index in [1.807, 2.05) is 249 Å². The van der Waals surface area contributed by atoms with E-state index in [9.17, 15) is 0 Å². The van der Waals surface area contributed by atoms with Crippen LogP contribution in [0.1, 0.15) is 276 Å². The molecule has 0 bridgehead atoms. The first-order chi connectivity index (χ1) is 19.9. The van der Waals surface area contributed by atoms with E-state index in [4.69, 9.17) is 0 Å². The highest BCUT2D eigenvalue weighted by Crippen LogP contribution is 1.76. The van der Waals surface area contributed by atoms with Gasteiger partial charge in [-0.2, -0.15) is 0 Å². The molecular formula is C40H118. The fourth-order valence-electron chi connectivity index (χ4n) is 0. The van der Waals surface area contributed by atoms with Crippen LogP contribution in [0.3, 0.4) is 0 Å². The van der Waals surface area contributed by atoms with Gasteiger partial charge >= 0.3 is 0 Å². The van der Waals surface area contributed by atoms with Crippen LogP contribution in [0.25, 0.3) is 0 Å². The topological polar surface area (TPSA) is 0 Å². The van der Waals surface area contributed by atoms with Crippen molar-refractivity contribution in [2.24, 2.45) is 0 Å². The third-order valence-corrected chi connectivity index (χ3v) is 0.500. The standard InChI is InChI=1S/C4H10.18C2H6/c1-3-4-2;18*1-2/h3-4H2,1-2H3;18*1-2H3. The second-order valence-electron chi connectivity index (χ2n) is 1.000. The SMILES string of the molecule is CC.CC.CC.CC.CC.CC.CC.CC.CC.CC.CC.CC.CC.CC.CC.CC.CC.CC.CCCC. The highest BCUT2D eigenvalue weighted by molar-refractivity contribution is 4.12. The van der Waals surface area contributed by atoms with Crippen molar-refractivity contribution in [1.82, 2.24) is 0 Å². The maximum atomic E-state index is 2.18. The van der Waals surface area contributed by atoms with Crippen LogP contribution < -0.4 is 0 Å². The van der Waals surface area contributed by atoms with Gasteiger partial charge in [-0.1, -0.05) is 276 Å². The second kappa shape index (κ2) is 14100. The van der Waals surface area contributed by atoms with Crippen molar-refractivity contribution < 1.29 is 0 Å². The first-order valence-corrected chi connectivity index (χ1v) is 19.9. The van der Waals surface area contributed by atoms with Gasteiger partial charge in [-0.3, -0.25) is 0 Å². The number of rotatable bonds is 1. The molecule has 0 nitrogen and oxygen atoms in total. The molecule has 0 unspecified atom stereocenters. The Morgan fingerprint density at radius 3 is 0.150 bits per heavy atom. The van der Waals surface area contributed by atoms with Gasteiger partial charge in [-0.15, -0.1) is 0 Å². The third-order valence-electron chi connectivity index (χ3n) is 0.500. The summed E-state index contributed by atoms with van der Waals surface area (Å²) in [7, 11) is 0. The Morgan fingerprint density at radius 2 is 0.150 bits per heavy atom. The summed E-state index contributed by atoms with van der Waals surface area (Å²) in [6.07, 6.45) is 2.64. The van der Waals surface area contributed by atoms with Gasteiger partial charge in [0.15, 0.2) is 0 Å². The third kappa shape index (κ3) is 52000. The number of unbranched alkanes of at least 4 members (excludes halogenated alkanes) is 1. The van der Waals surface area contributed by atoms with E-state index in [-0.39, 0.29) is 0 Å². The van der Waals surface area contributed by atoms with Crippen molar-refractivity contribution in [2.75, 3.05) is 0 Å². The zero-order valence-electron chi connectivity index (χ0n) is 39.4. The summed E-state index contributed by atoms with van der Waals surface area (Å²) in [5.74, 6) is 0. The van der Waals surface area contributed by atoms with Crippen molar-refractivity contribution in [2.45, 2.75) is 276 Å². The van der Waals surface area contributed by atoms with Crippen LogP contribution in [-0.2, 0) is 0 Å². The molecule has 0 saturated carbocycles. The zero-order chi connectivity index (χ0) is 39.4. The first-order valence-electron chi connectivity index (χ1n) is 19.9. The Bertz CT molecular complexity index is 2.00. The second-order valence-corrected chi connectivity index (χ2v) is 1.000. The lowest BCUT2D eigenvalue weighted by Crippen LogP contribution is -1.47. The molecule has 0 aromatic carbocycles. The molecule has 278 valence electrons. The Labute approximate surface area is 275 Å². The molecule has 0 fully saturated rings. The smallest absolute Gasteiger partial charge is 0.0564 e. The monoisotopic (exact) mass is 599 g/mol. The molecule has 0 N–H and O–H groups in total. The predicted molar refractivity (Wildman–Crippen MR) is 225 cm³/mol. The lowest BCUT2D eigenvalue weighted by molar-refractivity contribution is 0.886. The Balaban J connectivity index is -0.00000000688. The zero-order valence-corrected chi connectivity index (χ0v) is 39.4. The van der Waals surface area contributed by atoms with Gasteiger partial charge in [0, 0.05) is 0 Å². The molecule has 0 aromatic heterocycles. The van der Waals surface area contributed by atoms with Gasteiger partial charge in [-0.05, 0) is 0 Å². The van der Waals surface area contributed by atoms with Crippen LogP contribution in [0.2, 0.25) is 0 Å². The van der Waals surface area contributed by atoms with Gasteiger partial charge in [-0.25, -0.2) is 0 Å². The quantitative estimate of drug-likeness (QED) is 0.281. The van der Waals surface area contributed by atoms with Crippen molar-refractivity contribution in [3.05, 3.63) is 0 Å². The van der Waals surface area contributed by atoms with E-state index < -0.39 is 0 Å². The summed E-state index contributed by atoms with van der Waals surface area (Å²) in [6, 6.07) is 0. The van der Waals surface area contributed by atoms with Crippen LogP contribution >= 0.6 is 0 Å². The molecule has 40 heavy (non-hydrogen) atoms. The van der Waals surface area contributed by atoms with Crippen molar-refractivity contribution in [3.8, 4) is 0 Å². The molecule has 0 rings (SSSR count). The Morgan fingerprint density at radius 1 is 0.125 bits per heavy atom. The lowest BCUT2D eigenvalue weighted by Gasteiger charge is -1.68. The van der Waals surface area contributed by atoms with Crippen LogP contribution in [0.5, 0.6) is 0 Å². The maximum absolute atomic E-state index is 2.18. The van der Waals surface area contributed by atoms with Crippen LogP contribution in [0.4, 0.5) is 0 Å². The Hall–Kier alpha value is 0. The summed E-state index contributed by atoms with van der Waals surface area (Å²) >= 11 is 0. The molecule has 0 spiro atoms. The molecule has 0 heterocycles. The number of hydrogen-bond donors (Lipinski definition) is 0. The van der Waals surface area contributed by atoms with Crippen LogP contribution in [-0.4, -0.2) is 0 Å². The molecule has 0 saturated heterocycles. The maximum Gasteiger partial charge on any atom is -0.0564 e. The first kappa shape index (κ1) is 138. The summed E-state index contributed by atoms with van der Waals surface area (Å²) in [6.45, 7) is 76.4. The van der Waals surface area contributed by atoms with E-state index in [0.29, 0.717) is 0 Å². The summed E-state index contributed by atoms with van der Waals surface area (Å²) < 4.78 is 0. The van der Waals surface area contributed by atoms with Gasteiger partial charge in [0.25, 0.3) is 0 Å². The average Bonchev–Trinajstić information content (AvgIpc) is 3.19. The molecule has 0 amide bonds. The van der Waals surface area contributed by atoms with Crippen molar-refractivity contribution in [1.29, 1.82) is 0 Å². The fourth-order valence-corrected chi connectivity index (χ4v) is 0. The van der Waals surface area contributed by atoms with Crippen LogP contribution in [0.15, 0.2) is 0 Å². The fraction of sp³-hybridized carbons (Fsp3) is 1.00. The lowest BCUT2D eigenvalue weighted by atomic mass is 10.4. The van der Waals surface area contributed by atoms with E-state index in [1.165, 1.54) is 12.8 Å². The molecule has 0 aromatic rings. The van der Waals surface area contributed by atoms with Gasteiger partial charge in [0.05, 0.1) is 0 Å². The molecule has 0 aliphatic carbocycles. The summed E-state index contributed by atoms with van der Waals surface area (Å²) in [5.41, 5.74) is 0. The van der Waals surface area contributed by atoms with E-state index in [0.717, 1.165) is 0 Å². The highest BCUT2D eigenvalue weighted by atomic mass is 13.6. The van der Waals surface area contributed by atoms with E-state index >= 15 is 0 Å². The normalized spacial score (nSPS) is 3.45. The molecule has 0 aliphatic heterocycles.